The van der Waals surface area contributed by atoms with E-state index in [2.05, 4.69) is 29.3 Å². The van der Waals surface area contributed by atoms with Gasteiger partial charge in [-0.05, 0) is 25.1 Å². The molecule has 122 valence electrons. The summed E-state index contributed by atoms with van der Waals surface area (Å²) in [6.45, 7) is 4.98. The molecule has 2 aromatic rings. The molecule has 2 aliphatic rings. The molecule has 0 unspecified atom stereocenters. The van der Waals surface area contributed by atoms with Crippen molar-refractivity contribution in [2.45, 2.75) is 6.92 Å². The minimum atomic E-state index is 0. The number of aliphatic imine (C=N–C) groups is 1. The van der Waals surface area contributed by atoms with E-state index in [1.165, 1.54) is 9.94 Å². The Hall–Kier alpha value is -2.89. The first-order valence-electron chi connectivity index (χ1n) is 7.45. The van der Waals surface area contributed by atoms with E-state index in [1.807, 2.05) is 18.2 Å². The van der Waals surface area contributed by atoms with E-state index in [0.29, 0.717) is 13.1 Å². The second kappa shape index (κ2) is 5.72. The fraction of sp³-hybridized carbons (Fsp3) is 0.312. The summed E-state index contributed by atoms with van der Waals surface area (Å²) >= 11 is 1.76. The number of thiophene rings is 1. The summed E-state index contributed by atoms with van der Waals surface area (Å²) in [6, 6.07) is 10.3. The molecule has 2 N–H and O–H groups in total. The molecule has 2 aliphatic heterocycles. The summed E-state index contributed by atoms with van der Waals surface area (Å²) in [7, 11) is 0. The first-order valence-corrected chi connectivity index (χ1v) is 8.27. The van der Waals surface area contributed by atoms with Gasteiger partial charge in [-0.15, -0.1) is 11.3 Å². The van der Waals surface area contributed by atoms with Crippen LogP contribution >= 0.6 is 11.3 Å². The Morgan fingerprint density at radius 2 is 1.91 bits per heavy atom. The first kappa shape index (κ1) is 15.0. The average Bonchev–Trinajstić information content (AvgIpc) is 2.80. The van der Waals surface area contributed by atoms with Gasteiger partial charge in [0.05, 0.1) is 16.9 Å². The van der Waals surface area contributed by atoms with E-state index in [9.17, 15) is 5.21 Å². The van der Waals surface area contributed by atoms with Crippen LogP contribution in [0.4, 0.5) is 16.4 Å². The van der Waals surface area contributed by atoms with Crippen molar-refractivity contribution in [3.63, 3.8) is 0 Å². The quantitative estimate of drug-likeness (QED) is 0.519. The fourth-order valence-corrected chi connectivity index (χ4v) is 3.82. The minimum absolute atomic E-state index is 0. The molecule has 0 spiro atoms. The van der Waals surface area contributed by atoms with Crippen molar-refractivity contribution in [3.05, 3.63) is 40.8 Å². The number of hydrogen-bond acceptors (Lipinski definition) is 6. The predicted molar refractivity (Wildman–Crippen MR) is 89.9 cm³/mol. The number of aryl methyl sites for hydroxylation is 1. The third-order valence-electron chi connectivity index (χ3n) is 4.03. The average molecular weight is 561 g/mol. The number of nitrogens with one attached hydrogen (secondary N) is 1. The monoisotopic (exact) mass is 557 g/mol. The van der Waals surface area contributed by atoms with Crippen LogP contribution in [0.1, 0.15) is 10.4 Å². The Bertz CT molecular complexity index is 737. The number of rotatable bonds is 0. The SMILES string of the molecule is Cc1cc2c(s1)Nc1ccccc1N=C2N1CCN(O)CC1.[Cm]. The number of nitrogens with zero attached hydrogens (tertiary/aromatic N) is 3. The van der Waals surface area contributed by atoms with Gasteiger partial charge in [0.1, 0.15) is 10.8 Å². The van der Waals surface area contributed by atoms with Crippen LogP contribution in [0.5, 0.6) is 0 Å². The summed E-state index contributed by atoms with van der Waals surface area (Å²) in [6.07, 6.45) is 0. The van der Waals surface area contributed by atoms with E-state index in [0.717, 1.165) is 40.9 Å². The van der Waals surface area contributed by atoms with Gasteiger partial charge >= 0.3 is 0 Å². The maximum absolute atomic E-state index is 9.59. The number of amidine groups is 1. The summed E-state index contributed by atoms with van der Waals surface area (Å²) < 4.78 is 0. The molecule has 1 fully saturated rings. The van der Waals surface area contributed by atoms with Crippen LogP contribution < -0.4 is 5.32 Å². The van der Waals surface area contributed by atoms with Gasteiger partial charge in [0.2, 0.25) is 0 Å². The Balaban J connectivity index is 0.00000156. The van der Waals surface area contributed by atoms with Gasteiger partial charge < -0.3 is 15.4 Å². The Morgan fingerprint density at radius 3 is 2.70 bits per heavy atom. The molecule has 0 bridgehead atoms. The van der Waals surface area contributed by atoms with Gasteiger partial charge in [0, 0.05) is 31.1 Å². The van der Waals surface area contributed by atoms with Crippen molar-refractivity contribution >= 4 is 33.5 Å². The van der Waals surface area contributed by atoms with Gasteiger partial charge in [0.15, 0.2) is 0 Å². The zero-order valence-corrected chi connectivity index (χ0v) is 16.5. The molecule has 23 heavy (non-hydrogen) atoms. The van der Waals surface area contributed by atoms with Gasteiger partial charge in [-0.2, -0.15) is 5.06 Å². The molecular formula is C16H18CmN4OS. The zero-order valence-electron chi connectivity index (χ0n) is 12.8. The summed E-state index contributed by atoms with van der Waals surface area (Å²) in [4.78, 5) is 8.46. The van der Waals surface area contributed by atoms with Crippen molar-refractivity contribution in [2.75, 3.05) is 31.5 Å². The Kier molecular flexibility index (Phi) is 3.73. The molecule has 3 heterocycles. The molecule has 5 nitrogen and oxygen atoms in total. The van der Waals surface area contributed by atoms with Crippen molar-refractivity contribution in [3.8, 4) is 0 Å². The molecule has 7 heteroatoms. The first-order chi connectivity index (χ1) is 10.7. The minimum Gasteiger partial charge on any atom is -0.353 e. The fourth-order valence-electron chi connectivity index (χ4n) is 2.90. The Labute approximate surface area is 133 Å². The zero-order chi connectivity index (χ0) is 15.1. The largest absolute Gasteiger partial charge is 0.353 e. The molecule has 1 aromatic carbocycles. The molecule has 4 rings (SSSR count). The van der Waals surface area contributed by atoms with Gasteiger partial charge in [-0.25, -0.2) is 4.99 Å². The topological polar surface area (TPSA) is 51.1 Å². The van der Waals surface area contributed by atoms with Crippen molar-refractivity contribution < 1.29 is 5.21 Å². The number of para-hydroxylation sites is 2. The van der Waals surface area contributed by atoms with Gasteiger partial charge in [0.25, 0.3) is 0 Å². The van der Waals surface area contributed by atoms with E-state index < -0.39 is 0 Å². The number of hydroxylamine groups is 2. The number of benzene rings is 1. The van der Waals surface area contributed by atoms with Gasteiger partial charge in [-0.3, -0.25) is 0 Å². The van der Waals surface area contributed by atoms with Crippen LogP contribution in [-0.2, 0) is 0 Å². The second-order valence-electron chi connectivity index (χ2n) is 5.62. The standard InChI is InChI=1S/C16H18N4OS.Cm/c1-11-10-12-15(19-6-8-20(21)9-7-19)17-13-4-2-3-5-14(13)18-16(12)22-11;/h2-5,10,18,21H,6-9H2,1H3;. The van der Waals surface area contributed by atoms with Crippen LogP contribution in [0.2, 0.25) is 0 Å². The molecule has 1 aromatic heterocycles. The predicted octanol–water partition coefficient (Wildman–Crippen LogP) is 3.20. The number of hydrogen-bond donors (Lipinski definition) is 2. The van der Waals surface area contributed by atoms with Gasteiger partial charge in [-0.1, -0.05) is 12.1 Å². The van der Waals surface area contributed by atoms with E-state index >= 15 is 0 Å². The maximum Gasteiger partial charge on any atom is 0.139 e. The Morgan fingerprint density at radius 1 is 1.17 bits per heavy atom. The molecule has 0 saturated carbocycles. The number of anilines is 2. The number of piperazine rings is 1. The molecule has 0 amide bonds. The smallest absolute Gasteiger partial charge is 0.139 e. The van der Waals surface area contributed by atoms with Crippen LogP contribution in [0.25, 0.3) is 0 Å². The molecular weight excluding hydrogens is 543 g/mol. The normalized spacial score (nSPS) is 17.3. The maximum atomic E-state index is 9.59. The second-order valence-corrected chi connectivity index (χ2v) is 6.87. The van der Waals surface area contributed by atoms with Crippen LogP contribution in [0.15, 0.2) is 35.3 Å². The van der Waals surface area contributed by atoms with E-state index in [1.54, 1.807) is 11.3 Å². The third kappa shape index (κ3) is 2.63. The van der Waals surface area contributed by atoms with E-state index in [4.69, 9.17) is 4.99 Å². The molecule has 1 saturated heterocycles. The summed E-state index contributed by atoms with van der Waals surface area (Å²) in [5.41, 5.74) is 3.16. The van der Waals surface area contributed by atoms with Crippen LogP contribution in [0, 0.1) is 6.92 Å². The molecule has 0 radical (unpaired) electrons. The summed E-state index contributed by atoms with van der Waals surface area (Å²) in [5, 5.41) is 15.6. The number of fused-ring (bicyclic) bond motifs is 2. The third-order valence-corrected chi connectivity index (χ3v) is 5.00. The molecule has 0 atom stereocenters. The van der Waals surface area contributed by atoms with Crippen molar-refractivity contribution in [1.82, 2.24) is 9.96 Å². The van der Waals surface area contributed by atoms with Crippen molar-refractivity contribution in [2.24, 2.45) is 4.99 Å². The van der Waals surface area contributed by atoms with Crippen LogP contribution in [-0.4, -0.2) is 47.2 Å². The van der Waals surface area contributed by atoms with Crippen LogP contribution in [0.3, 0.4) is 0 Å². The summed E-state index contributed by atoms with van der Waals surface area (Å²) in [5.74, 6) is 1.00. The van der Waals surface area contributed by atoms with E-state index in [-0.39, 0.29) is 0 Å². The van der Waals surface area contributed by atoms with Crippen molar-refractivity contribution in [1.29, 1.82) is 0 Å². The molecule has 0 aliphatic carbocycles.